The van der Waals surface area contributed by atoms with E-state index in [0.29, 0.717) is 12.1 Å². The van der Waals surface area contributed by atoms with Crippen molar-refractivity contribution in [1.82, 2.24) is 15.2 Å². The predicted molar refractivity (Wildman–Crippen MR) is 110 cm³/mol. The van der Waals surface area contributed by atoms with Crippen molar-refractivity contribution < 1.29 is 9.53 Å². The van der Waals surface area contributed by atoms with Gasteiger partial charge in [0.1, 0.15) is 5.75 Å². The summed E-state index contributed by atoms with van der Waals surface area (Å²) >= 11 is 0. The lowest BCUT2D eigenvalue weighted by Gasteiger charge is -2.07. The quantitative estimate of drug-likeness (QED) is 0.527. The topological polar surface area (TPSA) is 68.5 Å². The van der Waals surface area contributed by atoms with E-state index < -0.39 is 0 Å². The third-order valence-electron chi connectivity index (χ3n) is 4.48. The smallest absolute Gasteiger partial charge is 0.271 e. The molecule has 1 N–H and O–H groups in total. The van der Waals surface area contributed by atoms with Crippen LogP contribution in [-0.4, -0.2) is 28.5 Å². The van der Waals surface area contributed by atoms with Gasteiger partial charge in [0.25, 0.3) is 5.91 Å². The lowest BCUT2D eigenvalue weighted by molar-refractivity contribution is 0.0955. The molecule has 1 aromatic heterocycles. The molecule has 0 saturated carbocycles. The molecule has 1 heterocycles. The van der Waals surface area contributed by atoms with Crippen LogP contribution in [0, 0.1) is 13.8 Å². The maximum Gasteiger partial charge on any atom is 0.271 e. The number of benzene rings is 2. The molecule has 0 aliphatic heterocycles. The summed E-state index contributed by atoms with van der Waals surface area (Å²) in [4.78, 5) is 12.4. The summed E-state index contributed by atoms with van der Waals surface area (Å²) < 4.78 is 7.10. The average molecular weight is 376 g/mol. The van der Waals surface area contributed by atoms with Crippen LogP contribution >= 0.6 is 0 Å². The van der Waals surface area contributed by atoms with E-state index in [1.165, 1.54) is 0 Å². The van der Waals surface area contributed by atoms with Crippen LogP contribution in [0.1, 0.15) is 39.8 Å². The Labute approximate surface area is 164 Å². The monoisotopic (exact) mass is 376 g/mol. The first-order valence-corrected chi connectivity index (χ1v) is 9.05. The van der Waals surface area contributed by atoms with Gasteiger partial charge in [-0.15, -0.1) is 0 Å². The Kier molecular flexibility index (Phi) is 5.89. The largest absolute Gasteiger partial charge is 0.497 e. The molecule has 0 atom stereocenters. The fourth-order valence-corrected chi connectivity index (χ4v) is 2.87. The third kappa shape index (κ3) is 4.65. The van der Waals surface area contributed by atoms with Crippen LogP contribution in [0.15, 0.2) is 59.7 Å². The van der Waals surface area contributed by atoms with E-state index in [0.717, 1.165) is 34.0 Å². The second-order valence-electron chi connectivity index (χ2n) is 6.65. The van der Waals surface area contributed by atoms with Gasteiger partial charge >= 0.3 is 0 Å². The molecular formula is C22H24N4O2. The van der Waals surface area contributed by atoms with Crippen LogP contribution in [0.25, 0.3) is 0 Å². The normalized spacial score (nSPS) is 11.4. The second kappa shape index (κ2) is 8.52. The van der Waals surface area contributed by atoms with Gasteiger partial charge in [0.15, 0.2) is 0 Å². The van der Waals surface area contributed by atoms with Gasteiger partial charge in [0, 0.05) is 11.3 Å². The van der Waals surface area contributed by atoms with Gasteiger partial charge in [-0.2, -0.15) is 10.2 Å². The summed E-state index contributed by atoms with van der Waals surface area (Å²) in [5, 5.41) is 8.66. The molecule has 0 spiro atoms. The maximum atomic E-state index is 12.4. The molecular weight excluding hydrogens is 352 g/mol. The molecule has 0 unspecified atom stereocenters. The summed E-state index contributed by atoms with van der Waals surface area (Å²) in [6.45, 7) is 6.53. The van der Waals surface area contributed by atoms with Crippen molar-refractivity contribution in [2.75, 3.05) is 7.11 Å². The van der Waals surface area contributed by atoms with E-state index in [1.54, 1.807) is 19.2 Å². The highest BCUT2D eigenvalue weighted by Gasteiger charge is 2.07. The molecule has 0 aliphatic rings. The van der Waals surface area contributed by atoms with Crippen LogP contribution in [0.5, 0.6) is 5.75 Å². The SMILES string of the molecule is COc1ccc(/C(C)=N/NC(=O)c2ccc(Cn3nc(C)cc3C)cc2)cc1. The molecule has 3 rings (SSSR count). The number of amides is 1. The number of hydrogen-bond acceptors (Lipinski definition) is 4. The molecule has 6 nitrogen and oxygen atoms in total. The number of carbonyl (C=O) groups is 1. The van der Waals surface area contributed by atoms with Gasteiger partial charge in [0.2, 0.25) is 0 Å². The van der Waals surface area contributed by atoms with Crippen LogP contribution < -0.4 is 10.2 Å². The third-order valence-corrected chi connectivity index (χ3v) is 4.48. The number of methoxy groups -OCH3 is 1. The van der Waals surface area contributed by atoms with Crippen molar-refractivity contribution in [2.45, 2.75) is 27.3 Å². The first-order chi connectivity index (χ1) is 13.5. The molecule has 1 amide bonds. The highest BCUT2D eigenvalue weighted by atomic mass is 16.5. The predicted octanol–water partition coefficient (Wildman–Crippen LogP) is 3.71. The summed E-state index contributed by atoms with van der Waals surface area (Å²) in [5.41, 5.74) is 8.00. The minimum absolute atomic E-state index is 0.245. The van der Waals surface area contributed by atoms with E-state index in [2.05, 4.69) is 15.6 Å². The zero-order valence-electron chi connectivity index (χ0n) is 16.6. The van der Waals surface area contributed by atoms with E-state index in [4.69, 9.17) is 4.74 Å². The van der Waals surface area contributed by atoms with E-state index >= 15 is 0 Å². The van der Waals surface area contributed by atoms with Gasteiger partial charge in [-0.3, -0.25) is 9.48 Å². The number of carbonyl (C=O) groups excluding carboxylic acids is 1. The second-order valence-corrected chi connectivity index (χ2v) is 6.65. The highest BCUT2D eigenvalue weighted by Crippen LogP contribution is 2.12. The number of hydrazone groups is 1. The number of hydrogen-bond donors (Lipinski definition) is 1. The van der Waals surface area contributed by atoms with Gasteiger partial charge in [-0.05, 0) is 74.4 Å². The van der Waals surface area contributed by atoms with Crippen molar-refractivity contribution in [3.8, 4) is 5.75 Å². The zero-order valence-corrected chi connectivity index (χ0v) is 16.6. The van der Waals surface area contributed by atoms with Crippen LogP contribution in [-0.2, 0) is 6.54 Å². The maximum absolute atomic E-state index is 12.4. The number of nitrogens with zero attached hydrogens (tertiary/aromatic N) is 3. The van der Waals surface area contributed by atoms with Gasteiger partial charge in [-0.1, -0.05) is 12.1 Å². The highest BCUT2D eigenvalue weighted by molar-refractivity contribution is 6.00. The van der Waals surface area contributed by atoms with Crippen molar-refractivity contribution >= 4 is 11.6 Å². The van der Waals surface area contributed by atoms with Crippen LogP contribution in [0.4, 0.5) is 0 Å². The average Bonchev–Trinajstić information content (AvgIpc) is 3.03. The first-order valence-electron chi connectivity index (χ1n) is 9.05. The van der Waals surface area contributed by atoms with Crippen LogP contribution in [0.3, 0.4) is 0 Å². The van der Waals surface area contributed by atoms with Crippen molar-refractivity contribution in [2.24, 2.45) is 5.10 Å². The number of rotatable bonds is 6. The molecule has 0 radical (unpaired) electrons. The first kappa shape index (κ1) is 19.4. The van der Waals surface area contributed by atoms with E-state index in [9.17, 15) is 4.79 Å². The van der Waals surface area contributed by atoms with Gasteiger partial charge in [0.05, 0.1) is 25.1 Å². The van der Waals surface area contributed by atoms with Gasteiger partial charge in [-0.25, -0.2) is 5.43 Å². The van der Waals surface area contributed by atoms with Crippen molar-refractivity contribution in [1.29, 1.82) is 0 Å². The lowest BCUT2D eigenvalue weighted by atomic mass is 10.1. The fourth-order valence-electron chi connectivity index (χ4n) is 2.87. The lowest BCUT2D eigenvalue weighted by Crippen LogP contribution is -2.19. The molecule has 3 aromatic rings. The minimum Gasteiger partial charge on any atom is -0.497 e. The Balaban J connectivity index is 1.63. The molecule has 0 bridgehead atoms. The van der Waals surface area contributed by atoms with E-state index in [-0.39, 0.29) is 5.91 Å². The fraction of sp³-hybridized carbons (Fsp3) is 0.227. The Hall–Kier alpha value is -3.41. The molecule has 0 fully saturated rings. The van der Waals surface area contributed by atoms with E-state index in [1.807, 2.05) is 67.9 Å². The molecule has 6 heteroatoms. The summed E-state index contributed by atoms with van der Waals surface area (Å²) in [6, 6.07) is 17.0. The van der Waals surface area contributed by atoms with Crippen molar-refractivity contribution in [3.05, 3.63) is 82.7 Å². The standard InChI is InChI=1S/C22H24N4O2/c1-15-13-16(2)26(25-15)14-18-5-7-20(8-6-18)22(27)24-23-17(3)19-9-11-21(28-4)12-10-19/h5-13H,14H2,1-4H3,(H,24,27)/b23-17+. The number of ether oxygens (including phenoxy) is 1. The molecule has 0 saturated heterocycles. The number of nitrogens with one attached hydrogen (secondary N) is 1. The van der Waals surface area contributed by atoms with Crippen molar-refractivity contribution in [3.63, 3.8) is 0 Å². The summed E-state index contributed by atoms with van der Waals surface area (Å²) in [7, 11) is 1.62. The molecule has 2 aromatic carbocycles. The Bertz CT molecular complexity index is 986. The molecule has 28 heavy (non-hydrogen) atoms. The van der Waals surface area contributed by atoms with Gasteiger partial charge < -0.3 is 4.74 Å². The summed E-state index contributed by atoms with van der Waals surface area (Å²) in [5.74, 6) is 0.534. The minimum atomic E-state index is -0.245. The zero-order chi connectivity index (χ0) is 20.1. The Morgan fingerprint density at radius 2 is 1.71 bits per heavy atom. The molecule has 144 valence electrons. The Morgan fingerprint density at radius 1 is 1.07 bits per heavy atom. The number of aromatic nitrogens is 2. The number of aryl methyl sites for hydroxylation is 2. The summed E-state index contributed by atoms with van der Waals surface area (Å²) in [6.07, 6.45) is 0. The molecule has 0 aliphatic carbocycles. The Morgan fingerprint density at radius 3 is 2.29 bits per heavy atom. The van der Waals surface area contributed by atoms with Crippen LogP contribution in [0.2, 0.25) is 0 Å².